The lowest BCUT2D eigenvalue weighted by atomic mass is 10.3. The van der Waals surface area contributed by atoms with Crippen molar-refractivity contribution in [1.29, 1.82) is 0 Å². The molecule has 0 fully saturated rings. The summed E-state index contributed by atoms with van der Waals surface area (Å²) in [6.45, 7) is 0. The lowest BCUT2D eigenvalue weighted by molar-refractivity contribution is 0.402. The van der Waals surface area contributed by atoms with E-state index in [0.29, 0.717) is 0 Å². The maximum Gasteiger partial charge on any atom is 0.132 e. The van der Waals surface area contributed by atoms with Gasteiger partial charge in [-0.15, -0.1) is 0 Å². The zero-order valence-electron chi connectivity index (χ0n) is 9.84. The monoisotopic (exact) mass is 246 g/mol. The highest BCUT2D eigenvalue weighted by Gasteiger charge is 2.07. The van der Waals surface area contributed by atoms with E-state index >= 15 is 0 Å². The Morgan fingerprint density at radius 1 is 0.706 bits per heavy atom. The normalized spacial score (nSPS) is 10.0. The van der Waals surface area contributed by atoms with Crippen molar-refractivity contribution in [2.45, 2.75) is 9.79 Å². The second-order valence-electron chi connectivity index (χ2n) is 3.40. The van der Waals surface area contributed by atoms with E-state index in [9.17, 15) is 0 Å². The van der Waals surface area contributed by atoms with Gasteiger partial charge in [0.1, 0.15) is 11.5 Å². The Bertz CT molecular complexity index is 452. The zero-order chi connectivity index (χ0) is 12.1. The Labute approximate surface area is 106 Å². The molecule has 2 aromatic carbocycles. The molecule has 2 rings (SSSR count). The summed E-state index contributed by atoms with van der Waals surface area (Å²) in [5.74, 6) is 1.76. The Balaban J connectivity index is 2.31. The minimum absolute atomic E-state index is 0.878. The summed E-state index contributed by atoms with van der Waals surface area (Å²) in [6.07, 6.45) is 0. The second-order valence-corrected chi connectivity index (χ2v) is 4.49. The maximum absolute atomic E-state index is 5.33. The summed E-state index contributed by atoms with van der Waals surface area (Å²) in [4.78, 5) is 2.17. The molecule has 0 saturated carbocycles. The second kappa shape index (κ2) is 5.64. The average Bonchev–Trinajstić information content (AvgIpc) is 2.40. The van der Waals surface area contributed by atoms with Gasteiger partial charge in [0.25, 0.3) is 0 Å². The molecule has 3 heteroatoms. The Kier molecular flexibility index (Phi) is 3.94. The van der Waals surface area contributed by atoms with Gasteiger partial charge in [0.05, 0.1) is 24.0 Å². The Hall–Kier alpha value is -1.61. The molecule has 0 bridgehead atoms. The number of benzene rings is 2. The topological polar surface area (TPSA) is 18.5 Å². The van der Waals surface area contributed by atoms with Crippen molar-refractivity contribution in [1.82, 2.24) is 0 Å². The van der Waals surface area contributed by atoms with E-state index in [0.717, 1.165) is 21.3 Å². The van der Waals surface area contributed by atoms with E-state index in [4.69, 9.17) is 9.47 Å². The van der Waals surface area contributed by atoms with Crippen LogP contribution in [0.3, 0.4) is 0 Å². The van der Waals surface area contributed by atoms with Gasteiger partial charge in [-0.3, -0.25) is 0 Å². The van der Waals surface area contributed by atoms with Crippen LogP contribution in [0.15, 0.2) is 58.3 Å². The van der Waals surface area contributed by atoms with E-state index in [-0.39, 0.29) is 0 Å². The lowest BCUT2D eigenvalue weighted by Gasteiger charge is -2.10. The van der Waals surface area contributed by atoms with Crippen molar-refractivity contribution in [3.05, 3.63) is 48.5 Å². The molecular formula is C14H14O2S. The molecule has 0 radical (unpaired) electrons. The van der Waals surface area contributed by atoms with Crippen LogP contribution in [0.4, 0.5) is 0 Å². The van der Waals surface area contributed by atoms with E-state index in [1.54, 1.807) is 26.0 Å². The number of methoxy groups -OCH3 is 2. The molecule has 2 nitrogen and oxygen atoms in total. The number of hydrogen-bond donors (Lipinski definition) is 0. The molecular weight excluding hydrogens is 232 g/mol. The fraction of sp³-hybridized carbons (Fsp3) is 0.143. The molecule has 0 N–H and O–H groups in total. The van der Waals surface area contributed by atoms with Crippen LogP contribution < -0.4 is 9.47 Å². The van der Waals surface area contributed by atoms with Gasteiger partial charge in [-0.25, -0.2) is 0 Å². The van der Waals surface area contributed by atoms with Crippen molar-refractivity contribution in [2.24, 2.45) is 0 Å². The Morgan fingerprint density at radius 2 is 1.12 bits per heavy atom. The molecule has 0 aromatic heterocycles. The van der Waals surface area contributed by atoms with Crippen molar-refractivity contribution in [3.63, 3.8) is 0 Å². The lowest BCUT2D eigenvalue weighted by Crippen LogP contribution is -1.88. The molecule has 0 aliphatic carbocycles. The van der Waals surface area contributed by atoms with Crippen LogP contribution in [0.25, 0.3) is 0 Å². The molecule has 88 valence electrons. The highest BCUT2D eigenvalue weighted by atomic mass is 32.2. The van der Waals surface area contributed by atoms with Gasteiger partial charge >= 0.3 is 0 Å². The predicted octanol–water partition coefficient (Wildman–Crippen LogP) is 3.86. The minimum atomic E-state index is 0.878. The van der Waals surface area contributed by atoms with Gasteiger partial charge in [0.15, 0.2) is 0 Å². The van der Waals surface area contributed by atoms with Crippen LogP contribution >= 0.6 is 11.8 Å². The molecule has 0 aliphatic rings. The first-order chi connectivity index (χ1) is 8.35. The van der Waals surface area contributed by atoms with Gasteiger partial charge in [0, 0.05) is 0 Å². The van der Waals surface area contributed by atoms with Crippen molar-refractivity contribution in [3.8, 4) is 11.5 Å². The molecule has 0 unspecified atom stereocenters. The molecule has 0 spiro atoms. The van der Waals surface area contributed by atoms with E-state index in [1.165, 1.54) is 0 Å². The van der Waals surface area contributed by atoms with Gasteiger partial charge in [-0.2, -0.15) is 0 Å². The van der Waals surface area contributed by atoms with Crippen LogP contribution in [-0.4, -0.2) is 14.2 Å². The molecule has 0 saturated heterocycles. The smallest absolute Gasteiger partial charge is 0.132 e. The highest BCUT2D eigenvalue weighted by molar-refractivity contribution is 7.99. The summed E-state index contributed by atoms with van der Waals surface area (Å²) in [6, 6.07) is 15.9. The first kappa shape index (κ1) is 11.9. The molecule has 0 atom stereocenters. The third-order valence-corrected chi connectivity index (χ3v) is 3.47. The standard InChI is InChI=1S/C14H14O2S/c1-15-11-7-3-5-9-13(11)17-14-10-6-4-8-12(14)16-2/h3-10H,1-2H3. The molecule has 17 heavy (non-hydrogen) atoms. The third-order valence-electron chi connectivity index (χ3n) is 2.36. The van der Waals surface area contributed by atoms with Gasteiger partial charge in [0.2, 0.25) is 0 Å². The summed E-state index contributed by atoms with van der Waals surface area (Å²) < 4.78 is 10.7. The molecule has 2 aromatic rings. The van der Waals surface area contributed by atoms with Crippen LogP contribution in [0.5, 0.6) is 11.5 Å². The molecule has 0 aliphatic heterocycles. The number of hydrogen-bond acceptors (Lipinski definition) is 3. The van der Waals surface area contributed by atoms with Gasteiger partial charge in [-0.05, 0) is 24.3 Å². The summed E-state index contributed by atoms with van der Waals surface area (Å²) in [7, 11) is 3.36. The van der Waals surface area contributed by atoms with Crippen molar-refractivity contribution in [2.75, 3.05) is 14.2 Å². The van der Waals surface area contributed by atoms with Gasteiger partial charge in [-0.1, -0.05) is 36.0 Å². The molecule has 0 heterocycles. The predicted molar refractivity (Wildman–Crippen MR) is 70.1 cm³/mol. The zero-order valence-corrected chi connectivity index (χ0v) is 10.7. The third kappa shape index (κ3) is 2.74. The van der Waals surface area contributed by atoms with E-state index < -0.39 is 0 Å². The average molecular weight is 246 g/mol. The van der Waals surface area contributed by atoms with Crippen LogP contribution in [0, 0.1) is 0 Å². The fourth-order valence-corrected chi connectivity index (χ4v) is 2.56. The highest BCUT2D eigenvalue weighted by Crippen LogP contribution is 2.38. The van der Waals surface area contributed by atoms with E-state index in [1.807, 2.05) is 48.5 Å². The van der Waals surface area contributed by atoms with Crippen LogP contribution in [0.1, 0.15) is 0 Å². The van der Waals surface area contributed by atoms with Gasteiger partial charge < -0.3 is 9.47 Å². The number of ether oxygens (including phenoxy) is 2. The van der Waals surface area contributed by atoms with E-state index in [2.05, 4.69) is 0 Å². The fourth-order valence-electron chi connectivity index (χ4n) is 1.52. The van der Waals surface area contributed by atoms with Crippen molar-refractivity contribution < 1.29 is 9.47 Å². The van der Waals surface area contributed by atoms with Crippen LogP contribution in [-0.2, 0) is 0 Å². The van der Waals surface area contributed by atoms with Crippen molar-refractivity contribution >= 4 is 11.8 Å². The largest absolute Gasteiger partial charge is 0.496 e. The quantitative estimate of drug-likeness (QED) is 0.816. The molecule has 0 amide bonds. The van der Waals surface area contributed by atoms with Crippen LogP contribution in [0.2, 0.25) is 0 Å². The maximum atomic E-state index is 5.33. The Morgan fingerprint density at radius 3 is 1.53 bits per heavy atom. The summed E-state index contributed by atoms with van der Waals surface area (Å²) in [5, 5.41) is 0. The SMILES string of the molecule is COc1ccccc1Sc1ccccc1OC. The minimum Gasteiger partial charge on any atom is -0.496 e. The summed E-state index contributed by atoms with van der Waals surface area (Å²) >= 11 is 1.64. The first-order valence-corrected chi connectivity index (χ1v) is 6.10. The number of rotatable bonds is 4. The first-order valence-electron chi connectivity index (χ1n) is 5.29. The summed E-state index contributed by atoms with van der Waals surface area (Å²) in [5.41, 5.74) is 0. The number of para-hydroxylation sites is 2.